The second kappa shape index (κ2) is 13.1. The van der Waals surface area contributed by atoms with Crippen LogP contribution in [0, 0.1) is 0 Å². The Morgan fingerprint density at radius 2 is 1.12 bits per heavy atom. The topological polar surface area (TPSA) is 32.8 Å². The van der Waals surface area contributed by atoms with Crippen LogP contribution in [0.4, 0.5) is 34.1 Å². The Hall–Kier alpha value is -7.41. The number of fused-ring (bicyclic) bond motifs is 13. The Kier molecular flexibility index (Phi) is 5.47. The smallest absolute Gasteiger partial charge is 0.254 e. The van der Waals surface area contributed by atoms with Gasteiger partial charge in [0.25, 0.3) is 6.71 Å². The normalized spacial score (nSPS) is 15.2. The van der Waals surface area contributed by atoms with Crippen LogP contribution in [0.3, 0.4) is 0 Å². The highest BCUT2D eigenvalue weighted by Crippen LogP contribution is 2.50. The zero-order valence-corrected chi connectivity index (χ0v) is 32.3. The minimum atomic E-state index is -0.636. The Morgan fingerprint density at radius 3 is 1.80 bits per heavy atom. The molecule has 280 valence electrons. The second-order valence-electron chi connectivity index (χ2n) is 14.8. The summed E-state index contributed by atoms with van der Waals surface area (Å²) >= 11 is 1.40. The average Bonchev–Trinajstić information content (AvgIpc) is 3.97. The van der Waals surface area contributed by atoms with E-state index < -0.39 is 67.1 Å². The lowest BCUT2D eigenvalue weighted by Gasteiger charge is -2.41. The van der Waals surface area contributed by atoms with Gasteiger partial charge in [0.05, 0.1) is 18.6 Å². The van der Waals surface area contributed by atoms with E-state index >= 15 is 0 Å². The number of hydrogen-bond donors (Lipinski definition) is 0. The summed E-state index contributed by atoms with van der Waals surface area (Å²) in [5.74, 6) is 0. The minimum Gasteiger partial charge on any atom is -0.457 e. The highest BCUT2D eigenvalue weighted by molar-refractivity contribution is 8.00. The van der Waals surface area contributed by atoms with E-state index in [1.807, 2.05) is 133 Å². The van der Waals surface area contributed by atoms with Crippen LogP contribution in [0.2, 0.25) is 0 Å². The molecule has 60 heavy (non-hydrogen) atoms. The number of nitrogens with zero attached hydrogens (tertiary/aromatic N) is 2. The van der Waals surface area contributed by atoms with Crippen molar-refractivity contribution in [3.8, 4) is 11.1 Å². The number of furan rings is 2. The van der Waals surface area contributed by atoms with Gasteiger partial charge in [0, 0.05) is 60.6 Å². The van der Waals surface area contributed by atoms with Crippen molar-refractivity contribution < 1.29 is 22.5 Å². The molecule has 2 aliphatic rings. The number of para-hydroxylation sites is 5. The molecule has 0 saturated heterocycles. The van der Waals surface area contributed by atoms with Gasteiger partial charge >= 0.3 is 0 Å². The molecule has 0 N–H and O–H groups in total. The number of rotatable bonds is 5. The molecule has 0 spiro atoms. The van der Waals surface area contributed by atoms with Crippen LogP contribution in [-0.2, 0) is 0 Å². The first-order valence-corrected chi connectivity index (χ1v) is 20.4. The van der Waals surface area contributed by atoms with Crippen molar-refractivity contribution in [3.05, 3.63) is 200 Å². The molecule has 4 heterocycles. The minimum absolute atomic E-state index is 0.0468. The van der Waals surface area contributed by atoms with Crippen LogP contribution >= 0.6 is 11.8 Å². The summed E-state index contributed by atoms with van der Waals surface area (Å²) in [6, 6.07) is 40.2. The van der Waals surface area contributed by atoms with Crippen LogP contribution in [0.15, 0.2) is 219 Å². The van der Waals surface area contributed by atoms with Gasteiger partial charge in [0.1, 0.15) is 22.3 Å². The van der Waals surface area contributed by atoms with E-state index in [4.69, 9.17) is 17.1 Å². The lowest BCUT2D eigenvalue weighted by molar-refractivity contribution is 0.657. The third kappa shape index (κ3) is 4.89. The maximum absolute atomic E-state index is 9.53. The van der Waals surface area contributed by atoms with Gasteiger partial charge in [-0.25, -0.2) is 0 Å². The second-order valence-corrected chi connectivity index (χ2v) is 15.9. The summed E-state index contributed by atoms with van der Waals surface area (Å²) in [6.07, 6.45) is 0. The summed E-state index contributed by atoms with van der Waals surface area (Å²) in [4.78, 5) is 5.20. The first kappa shape index (κ1) is 25.2. The van der Waals surface area contributed by atoms with Crippen molar-refractivity contribution in [2.24, 2.45) is 0 Å². The molecule has 0 aliphatic carbocycles. The van der Waals surface area contributed by atoms with Crippen LogP contribution in [0.1, 0.15) is 13.7 Å². The molecule has 6 heteroatoms. The summed E-state index contributed by atoms with van der Waals surface area (Å²) in [5, 5.41) is 3.56. The van der Waals surface area contributed by atoms with Crippen molar-refractivity contribution in [2.75, 3.05) is 9.80 Å². The fraction of sp³-hybridized carbons (Fsp3) is 0. The zero-order valence-electron chi connectivity index (χ0n) is 41.5. The maximum atomic E-state index is 9.53. The molecular weight excluding hydrogens is 751 g/mol. The van der Waals surface area contributed by atoms with Crippen molar-refractivity contribution in [1.29, 1.82) is 0 Å². The fourth-order valence-electron chi connectivity index (χ4n) is 9.24. The highest BCUT2D eigenvalue weighted by Gasteiger charge is 2.45. The number of hydrogen-bond acceptors (Lipinski definition) is 5. The zero-order chi connectivity index (χ0) is 48.0. The van der Waals surface area contributed by atoms with E-state index in [1.54, 1.807) is 11.0 Å². The van der Waals surface area contributed by atoms with Crippen LogP contribution < -0.4 is 26.2 Å². The molecule has 13 rings (SSSR count). The predicted octanol–water partition coefficient (Wildman–Crippen LogP) is 13.4. The molecule has 2 aromatic heterocycles. The first-order valence-electron chi connectivity index (χ1n) is 24.6. The molecule has 9 aromatic carbocycles. The standard InChI is InChI=1S/C54H33BN2O2S/c1-5-17-34(18-6-1)35-31-44-50-47(32-35)60-54-51(52-48(40-25-13-15-27-45(40)58-52)49-41-26-14-16-28-46(41)59-53(49)54)55(50)42-30-29-39(33-43(42)57(44)38-23-11-4-12-24-38)56(36-19-7-2-8-20-36)37-21-9-3-10-22-37/h1-33H/i1D,4D,5D,6D,11D,12D,17D,18D,23D,24D. The molecule has 0 atom stereocenters. The molecule has 0 amide bonds. The maximum Gasteiger partial charge on any atom is 0.254 e. The monoisotopic (exact) mass is 794 g/mol. The third-order valence-corrected chi connectivity index (χ3v) is 12.8. The van der Waals surface area contributed by atoms with Crippen molar-refractivity contribution in [2.45, 2.75) is 9.79 Å². The van der Waals surface area contributed by atoms with Crippen LogP contribution in [0.25, 0.3) is 55.0 Å². The summed E-state index contributed by atoms with van der Waals surface area (Å²) in [5.41, 5.74) is 8.27. The molecule has 0 radical (unpaired) electrons. The molecule has 0 unspecified atom stereocenters. The van der Waals surface area contributed by atoms with Gasteiger partial charge in [-0.1, -0.05) is 139 Å². The summed E-state index contributed by atoms with van der Waals surface area (Å²) in [6.45, 7) is -0.636. The van der Waals surface area contributed by atoms with Gasteiger partial charge in [0.15, 0.2) is 0 Å². The Balaban J connectivity index is 1.22. The SMILES string of the molecule is [2H]c1c([2H])c([2H])c(-c2cc3c4c(c2)N(c2c([2H])c([2H])c([2H])c([2H])c2[2H])c2cc(N(c5ccccc5)c5ccccc5)ccc2B4c2c(c4oc5ccccc5c4c4c2oc2ccccc24)S3)c([2H])c1[2H]. The summed E-state index contributed by atoms with van der Waals surface area (Å²) in [7, 11) is 0. The highest BCUT2D eigenvalue weighted by atomic mass is 32.2. The van der Waals surface area contributed by atoms with Gasteiger partial charge in [-0.15, -0.1) is 0 Å². The van der Waals surface area contributed by atoms with E-state index in [-0.39, 0.29) is 16.8 Å². The molecule has 11 aromatic rings. The van der Waals surface area contributed by atoms with Crippen LogP contribution in [0.5, 0.6) is 0 Å². The lowest BCUT2D eigenvalue weighted by Crippen LogP contribution is -2.60. The predicted molar refractivity (Wildman–Crippen MR) is 251 cm³/mol. The first-order chi connectivity index (χ1) is 33.9. The molecule has 0 saturated carbocycles. The van der Waals surface area contributed by atoms with Gasteiger partial charge in [-0.3, -0.25) is 0 Å². The molecule has 2 aliphatic heterocycles. The van der Waals surface area contributed by atoms with Gasteiger partial charge in [0.2, 0.25) is 0 Å². The van der Waals surface area contributed by atoms with Crippen LogP contribution in [-0.4, -0.2) is 6.71 Å². The molecule has 0 fully saturated rings. The van der Waals surface area contributed by atoms with E-state index in [2.05, 4.69) is 4.90 Å². The Morgan fingerprint density at radius 1 is 0.517 bits per heavy atom. The molecule has 4 nitrogen and oxygen atoms in total. The number of anilines is 6. The average molecular weight is 795 g/mol. The van der Waals surface area contributed by atoms with Gasteiger partial charge in [-0.05, 0) is 100 Å². The van der Waals surface area contributed by atoms with E-state index in [0.717, 1.165) is 48.7 Å². The Bertz CT molecular complexity index is 3990. The van der Waals surface area contributed by atoms with Gasteiger partial charge in [-0.2, -0.15) is 0 Å². The van der Waals surface area contributed by atoms with Crippen molar-refractivity contribution in [1.82, 2.24) is 0 Å². The summed E-state index contributed by atoms with van der Waals surface area (Å²) < 4.78 is 104. The van der Waals surface area contributed by atoms with Crippen molar-refractivity contribution in [3.63, 3.8) is 0 Å². The van der Waals surface area contributed by atoms with Crippen molar-refractivity contribution >= 4 is 113 Å². The molecule has 0 bridgehead atoms. The quantitative estimate of drug-likeness (QED) is 0.162. The van der Waals surface area contributed by atoms with E-state index in [0.29, 0.717) is 49.8 Å². The fourth-order valence-corrected chi connectivity index (χ4v) is 10.5. The lowest BCUT2D eigenvalue weighted by atomic mass is 9.34. The molecular formula is C54H33BN2O2S. The van der Waals surface area contributed by atoms with E-state index in [1.165, 1.54) is 11.8 Å². The number of benzene rings is 9. The third-order valence-electron chi connectivity index (χ3n) is 11.6. The largest absolute Gasteiger partial charge is 0.457 e. The van der Waals surface area contributed by atoms with Gasteiger partial charge < -0.3 is 18.6 Å². The Labute approximate surface area is 365 Å². The van der Waals surface area contributed by atoms with E-state index in [9.17, 15) is 5.48 Å².